The number of carbonyl (C=O) groups excluding carboxylic acids is 1. The number of piperidine rings is 1. The van der Waals surface area contributed by atoms with Crippen molar-refractivity contribution < 1.29 is 4.79 Å². The van der Waals surface area contributed by atoms with E-state index in [1.807, 2.05) is 0 Å². The molecular weight excluding hydrogens is 258 g/mol. The third-order valence-corrected chi connectivity index (χ3v) is 5.41. The molecule has 1 saturated heterocycles. The van der Waals surface area contributed by atoms with E-state index in [0.29, 0.717) is 12.5 Å². The van der Waals surface area contributed by atoms with Crippen molar-refractivity contribution in [2.45, 2.75) is 38.1 Å². The van der Waals surface area contributed by atoms with E-state index in [2.05, 4.69) is 28.9 Å². The standard InChI is InChI=1S/C14H21N3OS/c1-16-8-4-5-10(9-16)17(2)14-15-13-11(18)6-3-7-12(13)19-14/h10H,3-9H2,1-2H3. The van der Waals surface area contributed by atoms with Crippen molar-refractivity contribution in [3.05, 3.63) is 10.6 Å². The number of hydrogen-bond donors (Lipinski definition) is 0. The number of nitrogens with zero attached hydrogens (tertiary/aromatic N) is 3. The van der Waals surface area contributed by atoms with E-state index < -0.39 is 0 Å². The van der Waals surface area contributed by atoms with E-state index in [0.717, 1.165) is 30.2 Å². The number of likely N-dealkylation sites (tertiary alicyclic amines) is 1. The SMILES string of the molecule is CN1CCCC(N(C)c2nc3c(s2)CCCC3=O)C1. The van der Waals surface area contributed by atoms with Crippen LogP contribution in [0.25, 0.3) is 0 Å². The number of likely N-dealkylation sites (N-methyl/N-ethyl adjacent to an activating group) is 2. The summed E-state index contributed by atoms with van der Waals surface area (Å²) in [5.41, 5.74) is 0.752. The number of carbonyl (C=O) groups is 1. The van der Waals surface area contributed by atoms with Crippen LogP contribution < -0.4 is 4.90 Å². The van der Waals surface area contributed by atoms with Crippen LogP contribution >= 0.6 is 11.3 Å². The number of aryl methyl sites for hydroxylation is 1. The summed E-state index contributed by atoms with van der Waals surface area (Å²) in [6.45, 7) is 2.28. The monoisotopic (exact) mass is 279 g/mol. The molecular formula is C14H21N3OS. The second kappa shape index (κ2) is 5.21. The van der Waals surface area contributed by atoms with Gasteiger partial charge in [-0.25, -0.2) is 4.98 Å². The van der Waals surface area contributed by atoms with Crippen LogP contribution in [-0.4, -0.2) is 48.9 Å². The zero-order valence-electron chi connectivity index (χ0n) is 11.7. The van der Waals surface area contributed by atoms with Crippen LogP contribution in [0.3, 0.4) is 0 Å². The van der Waals surface area contributed by atoms with Gasteiger partial charge < -0.3 is 9.80 Å². The van der Waals surface area contributed by atoms with Gasteiger partial charge in [-0.05, 0) is 39.3 Å². The second-order valence-corrected chi connectivity index (χ2v) is 6.78. The molecule has 1 aromatic heterocycles. The van der Waals surface area contributed by atoms with E-state index in [1.54, 1.807) is 11.3 Å². The summed E-state index contributed by atoms with van der Waals surface area (Å²) >= 11 is 1.72. The number of aromatic nitrogens is 1. The predicted octanol–water partition coefficient (Wildman–Crippen LogP) is 2.19. The number of ketones is 1. The van der Waals surface area contributed by atoms with Gasteiger partial charge >= 0.3 is 0 Å². The molecule has 0 amide bonds. The molecule has 1 atom stereocenters. The lowest BCUT2D eigenvalue weighted by Gasteiger charge is -2.35. The number of anilines is 1. The molecule has 0 saturated carbocycles. The average molecular weight is 279 g/mol. The van der Waals surface area contributed by atoms with Crippen molar-refractivity contribution in [1.29, 1.82) is 0 Å². The number of rotatable bonds is 2. The zero-order chi connectivity index (χ0) is 13.4. The minimum absolute atomic E-state index is 0.234. The van der Waals surface area contributed by atoms with Crippen molar-refractivity contribution in [3.8, 4) is 0 Å². The van der Waals surface area contributed by atoms with Crippen LogP contribution in [0.15, 0.2) is 0 Å². The van der Waals surface area contributed by atoms with Crippen molar-refractivity contribution in [1.82, 2.24) is 9.88 Å². The third kappa shape index (κ3) is 2.54. The fourth-order valence-corrected chi connectivity index (χ4v) is 4.17. The van der Waals surface area contributed by atoms with E-state index in [1.165, 1.54) is 24.3 Å². The minimum Gasteiger partial charge on any atom is -0.347 e. The summed E-state index contributed by atoms with van der Waals surface area (Å²) in [6.07, 6.45) is 5.15. The Balaban J connectivity index is 1.80. The Morgan fingerprint density at radius 2 is 2.21 bits per heavy atom. The molecule has 1 aromatic rings. The molecule has 19 heavy (non-hydrogen) atoms. The van der Waals surface area contributed by atoms with Crippen LogP contribution in [0.5, 0.6) is 0 Å². The summed E-state index contributed by atoms with van der Waals surface area (Å²) in [4.78, 5) is 22.3. The van der Waals surface area contributed by atoms with Gasteiger partial charge in [0.15, 0.2) is 10.9 Å². The first-order chi connectivity index (χ1) is 9.15. The van der Waals surface area contributed by atoms with E-state index in [-0.39, 0.29) is 5.78 Å². The largest absolute Gasteiger partial charge is 0.347 e. The Bertz CT molecular complexity index is 485. The lowest BCUT2D eigenvalue weighted by Crippen LogP contribution is -2.45. The molecule has 0 spiro atoms. The molecule has 2 aliphatic rings. The van der Waals surface area contributed by atoms with Gasteiger partial charge in [-0.3, -0.25) is 4.79 Å². The maximum atomic E-state index is 11.9. The molecule has 1 aliphatic carbocycles. The van der Waals surface area contributed by atoms with Gasteiger partial charge in [0.05, 0.1) is 0 Å². The lowest BCUT2D eigenvalue weighted by atomic mass is 10.0. The van der Waals surface area contributed by atoms with Gasteiger partial charge in [0.2, 0.25) is 0 Å². The quantitative estimate of drug-likeness (QED) is 0.831. The molecule has 5 heteroatoms. The zero-order valence-corrected chi connectivity index (χ0v) is 12.5. The molecule has 1 fully saturated rings. The molecule has 0 aromatic carbocycles. The maximum Gasteiger partial charge on any atom is 0.186 e. The summed E-state index contributed by atoms with van der Waals surface area (Å²) in [5, 5.41) is 1.03. The fraction of sp³-hybridized carbons (Fsp3) is 0.714. The molecule has 0 N–H and O–H groups in total. The first-order valence-electron chi connectivity index (χ1n) is 7.09. The Kier molecular flexibility index (Phi) is 3.58. The van der Waals surface area contributed by atoms with E-state index in [4.69, 9.17) is 0 Å². The predicted molar refractivity (Wildman–Crippen MR) is 78.3 cm³/mol. The molecule has 2 heterocycles. The van der Waals surface area contributed by atoms with Crippen molar-refractivity contribution in [2.24, 2.45) is 0 Å². The summed E-state index contributed by atoms with van der Waals surface area (Å²) in [7, 11) is 4.30. The van der Waals surface area contributed by atoms with Gasteiger partial charge in [-0.1, -0.05) is 0 Å². The minimum atomic E-state index is 0.234. The molecule has 1 aliphatic heterocycles. The number of fused-ring (bicyclic) bond motifs is 1. The Morgan fingerprint density at radius 3 is 2.95 bits per heavy atom. The maximum absolute atomic E-state index is 11.9. The van der Waals surface area contributed by atoms with E-state index in [9.17, 15) is 4.79 Å². The van der Waals surface area contributed by atoms with Crippen molar-refractivity contribution in [3.63, 3.8) is 0 Å². The van der Waals surface area contributed by atoms with Crippen LogP contribution in [-0.2, 0) is 6.42 Å². The van der Waals surface area contributed by atoms with Crippen LogP contribution in [0.2, 0.25) is 0 Å². The van der Waals surface area contributed by atoms with Crippen LogP contribution in [0, 0.1) is 0 Å². The lowest BCUT2D eigenvalue weighted by molar-refractivity contribution is 0.0968. The summed E-state index contributed by atoms with van der Waals surface area (Å²) < 4.78 is 0. The smallest absolute Gasteiger partial charge is 0.186 e. The van der Waals surface area contributed by atoms with Crippen LogP contribution in [0.4, 0.5) is 5.13 Å². The first-order valence-corrected chi connectivity index (χ1v) is 7.91. The highest BCUT2D eigenvalue weighted by Crippen LogP contribution is 2.33. The highest BCUT2D eigenvalue weighted by molar-refractivity contribution is 7.16. The number of hydrogen-bond acceptors (Lipinski definition) is 5. The molecule has 1 unspecified atom stereocenters. The van der Waals surface area contributed by atoms with Crippen molar-refractivity contribution >= 4 is 22.3 Å². The number of thiazole rings is 1. The Hall–Kier alpha value is -0.940. The molecule has 4 nitrogen and oxygen atoms in total. The van der Waals surface area contributed by atoms with Gasteiger partial charge in [-0.2, -0.15) is 0 Å². The fourth-order valence-electron chi connectivity index (χ4n) is 3.02. The highest BCUT2D eigenvalue weighted by atomic mass is 32.1. The summed E-state index contributed by atoms with van der Waals surface area (Å²) in [6, 6.07) is 0.529. The van der Waals surface area contributed by atoms with Gasteiger partial charge in [0.1, 0.15) is 5.69 Å². The molecule has 104 valence electrons. The van der Waals surface area contributed by atoms with Crippen LogP contribution in [0.1, 0.15) is 41.0 Å². The van der Waals surface area contributed by atoms with E-state index >= 15 is 0 Å². The third-order valence-electron chi connectivity index (χ3n) is 4.21. The van der Waals surface area contributed by atoms with Gasteiger partial charge in [0, 0.05) is 30.9 Å². The number of Topliss-reactive ketones (excluding diaryl/α,β-unsaturated/α-hetero) is 1. The normalized spacial score (nSPS) is 24.3. The second-order valence-electron chi connectivity index (χ2n) is 5.71. The summed E-state index contributed by atoms with van der Waals surface area (Å²) in [5.74, 6) is 0.234. The Morgan fingerprint density at radius 1 is 1.37 bits per heavy atom. The topological polar surface area (TPSA) is 36.4 Å². The molecule has 0 bridgehead atoms. The van der Waals surface area contributed by atoms with Crippen molar-refractivity contribution in [2.75, 3.05) is 32.1 Å². The first kappa shape index (κ1) is 13.1. The average Bonchev–Trinajstić information content (AvgIpc) is 2.83. The molecule has 0 radical (unpaired) electrons. The highest BCUT2D eigenvalue weighted by Gasteiger charge is 2.27. The molecule has 3 rings (SSSR count). The Labute approximate surface area is 118 Å². The van der Waals surface area contributed by atoms with Gasteiger partial charge in [0.25, 0.3) is 0 Å². The van der Waals surface area contributed by atoms with Gasteiger partial charge in [-0.15, -0.1) is 11.3 Å².